The maximum atomic E-state index is 12.3. The summed E-state index contributed by atoms with van der Waals surface area (Å²) in [7, 11) is 1.16. The number of nitrogen functional groups attached to an aromatic ring is 1. The van der Waals surface area contributed by atoms with Crippen molar-refractivity contribution in [1.82, 2.24) is 4.98 Å². The molecule has 0 aliphatic heterocycles. The number of nitrogens with zero attached hydrogens (tertiary/aromatic N) is 1. The van der Waals surface area contributed by atoms with Crippen molar-refractivity contribution in [2.24, 2.45) is 5.73 Å². The smallest absolute Gasteiger partial charge is 0.469 e. The topological polar surface area (TPSA) is 100 Å². The van der Waals surface area contributed by atoms with Gasteiger partial charge in [0.15, 0.2) is 11.6 Å². The predicted octanol–water partition coefficient (Wildman–Crippen LogP) is 0.737. The van der Waals surface area contributed by atoms with E-state index in [1.165, 1.54) is 0 Å². The number of nitrogens with two attached hydrogens (primary N) is 2. The van der Waals surface area contributed by atoms with Crippen LogP contribution in [0.4, 0.5) is 19.0 Å². The molecule has 1 aromatic rings. The molecule has 1 heterocycles. The van der Waals surface area contributed by atoms with Crippen LogP contribution in [0.2, 0.25) is 0 Å². The van der Waals surface area contributed by atoms with Gasteiger partial charge in [-0.15, -0.1) is 13.2 Å². The van der Waals surface area contributed by atoms with E-state index in [1.54, 1.807) is 0 Å². The van der Waals surface area contributed by atoms with Crippen molar-refractivity contribution in [3.8, 4) is 5.75 Å². The van der Waals surface area contributed by atoms with Gasteiger partial charge in [0.05, 0.1) is 13.5 Å². The Morgan fingerprint density at radius 2 is 2.11 bits per heavy atom. The van der Waals surface area contributed by atoms with Gasteiger partial charge in [-0.1, -0.05) is 0 Å². The fourth-order valence-corrected chi connectivity index (χ4v) is 1.42. The zero-order valence-electron chi connectivity index (χ0n) is 9.95. The molecule has 0 bridgehead atoms. The van der Waals surface area contributed by atoms with E-state index in [0.29, 0.717) is 0 Å². The van der Waals surface area contributed by atoms with Gasteiger partial charge in [-0.3, -0.25) is 4.79 Å². The van der Waals surface area contributed by atoms with Crippen molar-refractivity contribution in [1.29, 1.82) is 0 Å². The van der Waals surface area contributed by atoms with Crippen LogP contribution in [-0.2, 0) is 22.5 Å². The Hall–Kier alpha value is -2.03. The number of aromatic nitrogens is 1. The van der Waals surface area contributed by atoms with E-state index in [-0.39, 0.29) is 24.1 Å². The number of rotatable bonds is 4. The first-order chi connectivity index (χ1) is 8.78. The van der Waals surface area contributed by atoms with Gasteiger partial charge in [0.2, 0.25) is 0 Å². The molecule has 9 heteroatoms. The lowest BCUT2D eigenvalue weighted by Crippen LogP contribution is -2.21. The van der Waals surface area contributed by atoms with Gasteiger partial charge >= 0.3 is 12.3 Å². The van der Waals surface area contributed by atoms with E-state index < -0.39 is 23.9 Å². The molecule has 0 spiro atoms. The summed E-state index contributed by atoms with van der Waals surface area (Å²) in [6, 6.07) is 0. The molecular weight excluding hydrogens is 267 g/mol. The number of alkyl halides is 3. The molecule has 19 heavy (non-hydrogen) atoms. The lowest BCUT2D eigenvalue weighted by molar-refractivity contribution is -0.274. The van der Waals surface area contributed by atoms with Crippen molar-refractivity contribution in [3.63, 3.8) is 0 Å². The SMILES string of the molecule is COC(=O)Cc1cnc(N)c(OC(F)(F)F)c1CN. The molecule has 0 unspecified atom stereocenters. The minimum absolute atomic E-state index is 0.0322. The van der Waals surface area contributed by atoms with Crippen LogP contribution in [0.15, 0.2) is 6.20 Å². The molecule has 0 aliphatic rings. The highest BCUT2D eigenvalue weighted by molar-refractivity contribution is 5.73. The number of halogens is 3. The fraction of sp³-hybridized carbons (Fsp3) is 0.400. The first-order valence-electron chi connectivity index (χ1n) is 5.07. The molecule has 4 N–H and O–H groups in total. The molecule has 0 amide bonds. The zero-order valence-corrected chi connectivity index (χ0v) is 9.95. The molecule has 0 atom stereocenters. The molecule has 0 fully saturated rings. The van der Waals surface area contributed by atoms with Gasteiger partial charge in [0.1, 0.15) is 0 Å². The second kappa shape index (κ2) is 5.74. The Labute approximate surface area is 106 Å². The number of hydrogen-bond acceptors (Lipinski definition) is 6. The number of esters is 1. The molecule has 0 saturated carbocycles. The standard InChI is InChI=1S/C10H12F3N3O3/c1-18-7(17)2-5-4-16-9(15)8(6(5)3-14)19-10(11,12)13/h4H,2-3,14H2,1H3,(H2,15,16). The maximum Gasteiger partial charge on any atom is 0.573 e. The fourth-order valence-electron chi connectivity index (χ4n) is 1.42. The zero-order chi connectivity index (χ0) is 14.6. The van der Waals surface area contributed by atoms with E-state index in [2.05, 4.69) is 14.5 Å². The average molecular weight is 279 g/mol. The molecule has 0 aliphatic carbocycles. The quantitative estimate of drug-likeness (QED) is 0.788. The third-order valence-corrected chi connectivity index (χ3v) is 2.24. The van der Waals surface area contributed by atoms with Crippen LogP contribution in [0.25, 0.3) is 0 Å². The molecule has 1 rings (SSSR count). The summed E-state index contributed by atoms with van der Waals surface area (Å²) in [6.45, 7) is -0.287. The van der Waals surface area contributed by atoms with Crippen molar-refractivity contribution in [2.45, 2.75) is 19.3 Å². The lowest BCUT2D eigenvalue weighted by atomic mass is 10.1. The Bertz CT molecular complexity index is 477. The van der Waals surface area contributed by atoms with Gasteiger partial charge in [-0.05, 0) is 5.56 Å². The minimum Gasteiger partial charge on any atom is -0.469 e. The summed E-state index contributed by atoms with van der Waals surface area (Å²) in [5, 5.41) is 0. The van der Waals surface area contributed by atoms with E-state index in [1.807, 2.05) is 0 Å². The van der Waals surface area contributed by atoms with Crippen molar-refractivity contribution < 1.29 is 27.4 Å². The Morgan fingerprint density at radius 3 is 2.58 bits per heavy atom. The third kappa shape index (κ3) is 3.98. The Balaban J connectivity index is 3.21. The van der Waals surface area contributed by atoms with Crippen LogP contribution in [0.1, 0.15) is 11.1 Å². The average Bonchev–Trinajstić information content (AvgIpc) is 2.31. The number of ether oxygens (including phenoxy) is 2. The first-order valence-corrected chi connectivity index (χ1v) is 5.07. The predicted molar refractivity (Wildman–Crippen MR) is 58.9 cm³/mol. The Kier molecular flexibility index (Phi) is 4.54. The van der Waals surface area contributed by atoms with Gasteiger partial charge < -0.3 is 20.9 Å². The summed E-state index contributed by atoms with van der Waals surface area (Å²) in [4.78, 5) is 14.7. The van der Waals surface area contributed by atoms with Crippen molar-refractivity contribution >= 4 is 11.8 Å². The molecular formula is C10H12F3N3O3. The number of anilines is 1. The molecule has 0 aromatic carbocycles. The Morgan fingerprint density at radius 1 is 1.47 bits per heavy atom. The van der Waals surface area contributed by atoms with Crippen LogP contribution in [0, 0.1) is 0 Å². The van der Waals surface area contributed by atoms with Crippen LogP contribution in [0.5, 0.6) is 5.75 Å². The summed E-state index contributed by atoms with van der Waals surface area (Å²) in [6.07, 6.45) is -4.04. The summed E-state index contributed by atoms with van der Waals surface area (Å²) >= 11 is 0. The number of carbonyl (C=O) groups is 1. The van der Waals surface area contributed by atoms with Crippen LogP contribution in [-0.4, -0.2) is 24.4 Å². The number of pyridine rings is 1. The number of hydrogen-bond donors (Lipinski definition) is 2. The second-order valence-electron chi connectivity index (χ2n) is 3.48. The van der Waals surface area contributed by atoms with Gasteiger partial charge in [-0.2, -0.15) is 0 Å². The second-order valence-corrected chi connectivity index (χ2v) is 3.48. The highest BCUT2D eigenvalue weighted by atomic mass is 19.4. The monoisotopic (exact) mass is 279 g/mol. The van der Waals surface area contributed by atoms with Gasteiger partial charge in [0, 0.05) is 18.3 Å². The van der Waals surface area contributed by atoms with E-state index in [0.717, 1.165) is 13.3 Å². The van der Waals surface area contributed by atoms with Gasteiger partial charge in [-0.25, -0.2) is 4.98 Å². The first kappa shape index (κ1) is 15.0. The molecule has 1 aromatic heterocycles. The van der Waals surface area contributed by atoms with Crippen molar-refractivity contribution in [2.75, 3.05) is 12.8 Å². The van der Waals surface area contributed by atoms with Crippen molar-refractivity contribution in [3.05, 3.63) is 17.3 Å². The number of methoxy groups -OCH3 is 1. The van der Waals surface area contributed by atoms with E-state index in [4.69, 9.17) is 11.5 Å². The van der Waals surface area contributed by atoms with E-state index in [9.17, 15) is 18.0 Å². The lowest BCUT2D eigenvalue weighted by Gasteiger charge is -2.16. The molecule has 6 nitrogen and oxygen atoms in total. The highest BCUT2D eigenvalue weighted by Crippen LogP contribution is 2.32. The molecule has 0 radical (unpaired) electrons. The minimum atomic E-state index is -4.93. The van der Waals surface area contributed by atoms with Crippen LogP contribution >= 0.6 is 0 Å². The van der Waals surface area contributed by atoms with E-state index >= 15 is 0 Å². The largest absolute Gasteiger partial charge is 0.573 e. The molecule has 106 valence electrons. The van der Waals surface area contributed by atoms with Crippen LogP contribution in [0.3, 0.4) is 0 Å². The van der Waals surface area contributed by atoms with Crippen LogP contribution < -0.4 is 16.2 Å². The summed E-state index contributed by atoms with van der Waals surface area (Å²) in [5.41, 5.74) is 10.8. The van der Waals surface area contributed by atoms with Gasteiger partial charge in [0.25, 0.3) is 0 Å². The maximum absolute atomic E-state index is 12.3. The highest BCUT2D eigenvalue weighted by Gasteiger charge is 2.34. The third-order valence-electron chi connectivity index (χ3n) is 2.24. The number of carbonyl (C=O) groups excluding carboxylic acids is 1. The molecule has 0 saturated heterocycles. The summed E-state index contributed by atoms with van der Waals surface area (Å²) < 4.78 is 45.0. The summed E-state index contributed by atoms with van der Waals surface area (Å²) in [5.74, 6) is -1.78. The normalized spacial score (nSPS) is 11.2.